The van der Waals surface area contributed by atoms with Gasteiger partial charge in [-0.25, -0.2) is 13.8 Å². The molecule has 4 heterocycles. The van der Waals surface area contributed by atoms with Crippen LogP contribution >= 0.6 is 0 Å². The largest absolute Gasteiger partial charge is 0.367 e. The SMILES string of the molecule is O=C1Nc2cc(CN3CCN(c4ccc(F)cc4F)CC3)cnc2N2CCCC12. The van der Waals surface area contributed by atoms with Gasteiger partial charge in [-0.05, 0) is 36.6 Å². The molecule has 0 saturated carbocycles. The van der Waals surface area contributed by atoms with E-state index < -0.39 is 11.6 Å². The number of rotatable bonds is 3. The van der Waals surface area contributed by atoms with Crippen molar-refractivity contribution in [2.45, 2.75) is 25.4 Å². The molecule has 1 atom stereocenters. The van der Waals surface area contributed by atoms with Gasteiger partial charge in [0.2, 0.25) is 5.91 Å². The lowest BCUT2D eigenvalue weighted by molar-refractivity contribution is -0.117. The summed E-state index contributed by atoms with van der Waals surface area (Å²) in [5, 5.41) is 3.01. The molecule has 0 spiro atoms. The number of hydrogen-bond acceptors (Lipinski definition) is 5. The fraction of sp³-hybridized carbons (Fsp3) is 0.429. The van der Waals surface area contributed by atoms with Gasteiger partial charge in [0, 0.05) is 51.5 Å². The Kier molecular flexibility index (Phi) is 4.58. The van der Waals surface area contributed by atoms with E-state index in [-0.39, 0.29) is 11.9 Å². The lowest BCUT2D eigenvalue weighted by atomic mass is 10.1. The van der Waals surface area contributed by atoms with Crippen LogP contribution in [-0.4, -0.2) is 54.6 Å². The van der Waals surface area contributed by atoms with E-state index in [0.717, 1.165) is 62.2 Å². The molecule has 1 N–H and O–H groups in total. The number of pyridine rings is 1. The Bertz CT molecular complexity index is 945. The molecule has 152 valence electrons. The maximum atomic E-state index is 14.0. The summed E-state index contributed by atoms with van der Waals surface area (Å²) >= 11 is 0. The van der Waals surface area contributed by atoms with Crippen LogP contribution in [0, 0.1) is 11.6 Å². The number of anilines is 3. The van der Waals surface area contributed by atoms with Crippen molar-refractivity contribution in [1.82, 2.24) is 9.88 Å². The second kappa shape index (κ2) is 7.26. The average molecular weight is 399 g/mol. The first kappa shape index (κ1) is 18.3. The molecule has 1 aromatic carbocycles. The molecule has 8 heteroatoms. The highest BCUT2D eigenvalue weighted by Gasteiger charge is 2.37. The summed E-state index contributed by atoms with van der Waals surface area (Å²) < 4.78 is 27.2. The molecular formula is C21H23F2N5O. The maximum absolute atomic E-state index is 14.0. The van der Waals surface area contributed by atoms with Crippen molar-refractivity contribution in [3.63, 3.8) is 0 Å². The van der Waals surface area contributed by atoms with E-state index in [1.54, 1.807) is 0 Å². The number of aromatic nitrogens is 1. The predicted octanol–water partition coefficient (Wildman–Crippen LogP) is 2.60. The van der Waals surface area contributed by atoms with Crippen LogP contribution in [0.3, 0.4) is 0 Å². The third-order valence-electron chi connectivity index (χ3n) is 6.04. The molecule has 1 unspecified atom stereocenters. The number of halogens is 2. The Morgan fingerprint density at radius 3 is 2.72 bits per heavy atom. The highest BCUT2D eigenvalue weighted by molar-refractivity contribution is 6.03. The molecule has 1 aromatic heterocycles. The van der Waals surface area contributed by atoms with Crippen molar-refractivity contribution in [2.24, 2.45) is 0 Å². The Labute approximate surface area is 168 Å². The number of benzene rings is 1. The van der Waals surface area contributed by atoms with Gasteiger partial charge in [0.05, 0.1) is 11.4 Å². The molecule has 2 saturated heterocycles. The number of nitrogens with one attached hydrogen (secondary N) is 1. The van der Waals surface area contributed by atoms with Crippen LogP contribution in [-0.2, 0) is 11.3 Å². The smallest absolute Gasteiger partial charge is 0.247 e. The van der Waals surface area contributed by atoms with E-state index in [1.165, 1.54) is 12.1 Å². The molecule has 6 nitrogen and oxygen atoms in total. The van der Waals surface area contributed by atoms with E-state index >= 15 is 0 Å². The van der Waals surface area contributed by atoms with Gasteiger partial charge in [-0.15, -0.1) is 0 Å². The first-order chi connectivity index (χ1) is 14.1. The summed E-state index contributed by atoms with van der Waals surface area (Å²) in [7, 11) is 0. The summed E-state index contributed by atoms with van der Waals surface area (Å²) in [6.45, 7) is 4.49. The van der Waals surface area contributed by atoms with Crippen molar-refractivity contribution < 1.29 is 13.6 Å². The van der Waals surface area contributed by atoms with Gasteiger partial charge >= 0.3 is 0 Å². The molecule has 0 radical (unpaired) electrons. The topological polar surface area (TPSA) is 51.7 Å². The number of hydrogen-bond donors (Lipinski definition) is 1. The molecule has 3 aliphatic heterocycles. The van der Waals surface area contributed by atoms with Crippen LogP contribution in [0.5, 0.6) is 0 Å². The van der Waals surface area contributed by atoms with Crippen LogP contribution in [0.1, 0.15) is 18.4 Å². The van der Waals surface area contributed by atoms with Gasteiger partial charge in [-0.3, -0.25) is 9.69 Å². The van der Waals surface area contributed by atoms with Crippen LogP contribution < -0.4 is 15.1 Å². The molecule has 1 amide bonds. The highest BCUT2D eigenvalue weighted by atomic mass is 19.1. The van der Waals surface area contributed by atoms with E-state index in [4.69, 9.17) is 0 Å². The zero-order chi connectivity index (χ0) is 20.0. The normalized spacial score (nSPS) is 21.7. The fourth-order valence-electron chi connectivity index (χ4n) is 4.56. The molecule has 0 bridgehead atoms. The molecule has 0 aliphatic carbocycles. The number of amides is 1. The van der Waals surface area contributed by atoms with Gasteiger partial charge in [0.25, 0.3) is 0 Å². The zero-order valence-corrected chi connectivity index (χ0v) is 16.1. The van der Waals surface area contributed by atoms with Gasteiger partial charge in [-0.1, -0.05) is 0 Å². The number of fused-ring (bicyclic) bond motifs is 3. The lowest BCUT2D eigenvalue weighted by Gasteiger charge is -2.36. The standard InChI is InChI=1S/C21H23F2N5O/c22-15-3-4-18(16(23)11-15)27-8-6-26(7-9-27)13-14-10-17-20(24-12-14)28-5-1-2-19(28)21(29)25-17/h3-4,10-12,19H,1-2,5-9,13H2,(H,25,29). The van der Waals surface area contributed by atoms with E-state index in [2.05, 4.69) is 20.1 Å². The number of nitrogens with zero attached hydrogens (tertiary/aromatic N) is 4. The lowest BCUT2D eigenvalue weighted by Crippen LogP contribution is -2.46. The molecule has 2 fully saturated rings. The summed E-state index contributed by atoms with van der Waals surface area (Å²) in [4.78, 5) is 23.3. The minimum Gasteiger partial charge on any atom is -0.367 e. The van der Waals surface area contributed by atoms with Crippen molar-refractivity contribution in [3.05, 3.63) is 47.7 Å². The van der Waals surface area contributed by atoms with E-state index in [1.807, 2.05) is 17.2 Å². The Morgan fingerprint density at radius 2 is 1.93 bits per heavy atom. The Hall–Kier alpha value is -2.74. The summed E-state index contributed by atoms with van der Waals surface area (Å²) in [6, 6.07) is 5.66. The van der Waals surface area contributed by atoms with Gasteiger partial charge in [0.1, 0.15) is 17.7 Å². The summed E-state index contributed by atoms with van der Waals surface area (Å²) in [5.74, 6) is -0.151. The third kappa shape index (κ3) is 3.42. The van der Waals surface area contributed by atoms with Crippen molar-refractivity contribution in [2.75, 3.05) is 47.8 Å². The van der Waals surface area contributed by atoms with Gasteiger partial charge in [0.15, 0.2) is 5.82 Å². The second-order valence-corrected chi connectivity index (χ2v) is 7.91. The minimum atomic E-state index is -0.558. The number of piperazine rings is 1. The maximum Gasteiger partial charge on any atom is 0.247 e. The second-order valence-electron chi connectivity index (χ2n) is 7.91. The average Bonchev–Trinajstić information content (AvgIpc) is 3.20. The fourth-order valence-corrected chi connectivity index (χ4v) is 4.56. The molecule has 5 rings (SSSR count). The summed E-state index contributed by atoms with van der Waals surface area (Å²) in [5.41, 5.74) is 2.28. The Balaban J connectivity index is 1.24. The number of carbonyl (C=O) groups excluding carboxylic acids is 1. The van der Waals surface area contributed by atoms with Crippen LogP contribution in [0.2, 0.25) is 0 Å². The summed E-state index contributed by atoms with van der Waals surface area (Å²) in [6.07, 6.45) is 3.78. The predicted molar refractivity (Wildman–Crippen MR) is 107 cm³/mol. The van der Waals surface area contributed by atoms with Gasteiger partial charge < -0.3 is 15.1 Å². The zero-order valence-electron chi connectivity index (χ0n) is 16.1. The van der Waals surface area contributed by atoms with E-state index in [9.17, 15) is 13.6 Å². The molecule has 29 heavy (non-hydrogen) atoms. The first-order valence-electron chi connectivity index (χ1n) is 10.1. The monoisotopic (exact) mass is 399 g/mol. The van der Waals surface area contributed by atoms with Crippen molar-refractivity contribution in [1.29, 1.82) is 0 Å². The van der Waals surface area contributed by atoms with Crippen LogP contribution in [0.25, 0.3) is 0 Å². The first-order valence-corrected chi connectivity index (χ1v) is 10.1. The third-order valence-corrected chi connectivity index (χ3v) is 6.04. The molecule has 3 aliphatic rings. The molecule has 2 aromatic rings. The van der Waals surface area contributed by atoms with Gasteiger partial charge in [-0.2, -0.15) is 0 Å². The van der Waals surface area contributed by atoms with Crippen LogP contribution in [0.15, 0.2) is 30.5 Å². The van der Waals surface area contributed by atoms with E-state index in [0.29, 0.717) is 18.8 Å². The highest BCUT2D eigenvalue weighted by Crippen LogP contribution is 2.35. The molecular weight excluding hydrogens is 376 g/mol. The van der Waals surface area contributed by atoms with Crippen molar-refractivity contribution >= 4 is 23.1 Å². The van der Waals surface area contributed by atoms with Crippen molar-refractivity contribution in [3.8, 4) is 0 Å². The quantitative estimate of drug-likeness (QED) is 0.860. The number of carbonyl (C=O) groups is 1. The minimum absolute atomic E-state index is 0.0592. The van der Waals surface area contributed by atoms with Crippen LogP contribution in [0.4, 0.5) is 26.0 Å². The Morgan fingerprint density at radius 1 is 1.10 bits per heavy atom.